The Morgan fingerprint density at radius 3 is 2.50 bits per heavy atom. The lowest BCUT2D eigenvalue weighted by atomic mass is 10.0. The number of nitrogens with zero attached hydrogens (tertiary/aromatic N) is 3. The van der Waals surface area contributed by atoms with Gasteiger partial charge in [-0.1, -0.05) is 0 Å². The van der Waals surface area contributed by atoms with E-state index in [1.165, 1.54) is 19.4 Å². The fourth-order valence-corrected chi connectivity index (χ4v) is 3.33. The Morgan fingerprint density at radius 1 is 1.21 bits per heavy atom. The van der Waals surface area contributed by atoms with Crippen molar-refractivity contribution in [2.75, 3.05) is 59.5 Å². The van der Waals surface area contributed by atoms with Gasteiger partial charge in [0.2, 0.25) is 0 Å². The normalized spacial score (nSPS) is 23.8. The first-order valence-corrected chi connectivity index (χ1v) is 9.08. The maximum absolute atomic E-state index is 5.46. The van der Waals surface area contributed by atoms with E-state index in [9.17, 15) is 0 Å². The molecule has 2 aliphatic rings. The van der Waals surface area contributed by atoms with Gasteiger partial charge in [0.1, 0.15) is 0 Å². The molecule has 0 aromatic rings. The number of nitrogens with one attached hydrogen (secondary N) is 2. The quantitative estimate of drug-likeness (QED) is 0.362. The summed E-state index contributed by atoms with van der Waals surface area (Å²) in [7, 11) is 2.21. The highest BCUT2D eigenvalue weighted by molar-refractivity contribution is 14.0. The first-order chi connectivity index (χ1) is 11.0. The van der Waals surface area contributed by atoms with Crippen molar-refractivity contribution in [3.63, 3.8) is 0 Å². The molecule has 2 saturated heterocycles. The Balaban J connectivity index is 0.00000288. The molecule has 2 fully saturated rings. The fraction of sp³-hybridized carbons (Fsp3) is 0.941. The summed E-state index contributed by atoms with van der Waals surface area (Å²) in [6.45, 7) is 14.2. The number of likely N-dealkylation sites (tertiary alicyclic amines) is 1. The van der Waals surface area contributed by atoms with Crippen molar-refractivity contribution in [2.45, 2.75) is 45.2 Å². The Morgan fingerprint density at radius 2 is 1.92 bits per heavy atom. The van der Waals surface area contributed by atoms with Crippen LogP contribution >= 0.6 is 24.0 Å². The Hall–Kier alpha value is -0.120. The molecule has 0 radical (unpaired) electrons. The zero-order valence-corrected chi connectivity index (χ0v) is 18.1. The molecule has 0 amide bonds. The average molecular weight is 453 g/mol. The van der Waals surface area contributed by atoms with Crippen LogP contribution in [0.5, 0.6) is 0 Å². The Labute approximate surface area is 164 Å². The van der Waals surface area contributed by atoms with Crippen LogP contribution in [0.1, 0.15) is 33.6 Å². The van der Waals surface area contributed by atoms with Crippen LogP contribution in [-0.2, 0) is 4.74 Å². The van der Waals surface area contributed by atoms with E-state index in [-0.39, 0.29) is 29.5 Å². The lowest BCUT2D eigenvalue weighted by molar-refractivity contribution is -0.00684. The van der Waals surface area contributed by atoms with Gasteiger partial charge in [0.15, 0.2) is 5.96 Å². The van der Waals surface area contributed by atoms with Crippen molar-refractivity contribution in [1.82, 2.24) is 20.4 Å². The van der Waals surface area contributed by atoms with E-state index in [1.54, 1.807) is 0 Å². The molecule has 24 heavy (non-hydrogen) atoms. The molecule has 2 heterocycles. The first kappa shape index (κ1) is 21.9. The maximum atomic E-state index is 5.46. The van der Waals surface area contributed by atoms with E-state index in [0.29, 0.717) is 6.04 Å². The van der Waals surface area contributed by atoms with Crippen LogP contribution in [-0.4, -0.2) is 86.9 Å². The van der Waals surface area contributed by atoms with Gasteiger partial charge in [-0.15, -0.1) is 24.0 Å². The molecule has 2 aliphatic heterocycles. The van der Waals surface area contributed by atoms with Gasteiger partial charge in [0.25, 0.3) is 0 Å². The van der Waals surface area contributed by atoms with E-state index in [0.717, 1.165) is 51.9 Å². The van der Waals surface area contributed by atoms with E-state index in [4.69, 9.17) is 9.73 Å². The molecule has 142 valence electrons. The molecule has 0 saturated carbocycles. The third-order valence-corrected chi connectivity index (χ3v) is 5.01. The molecule has 1 atom stereocenters. The predicted octanol–water partition coefficient (Wildman–Crippen LogP) is 1.36. The van der Waals surface area contributed by atoms with E-state index in [1.807, 2.05) is 0 Å². The summed E-state index contributed by atoms with van der Waals surface area (Å²) >= 11 is 0. The zero-order chi connectivity index (χ0) is 16.7. The van der Waals surface area contributed by atoms with Gasteiger partial charge in [-0.05, 0) is 47.2 Å². The van der Waals surface area contributed by atoms with Crippen LogP contribution in [0.3, 0.4) is 0 Å². The van der Waals surface area contributed by atoms with Crippen LogP contribution < -0.4 is 10.6 Å². The molecule has 0 aliphatic carbocycles. The number of ether oxygens (including phenoxy) is 1. The van der Waals surface area contributed by atoms with Crippen LogP contribution in [0.2, 0.25) is 0 Å². The largest absolute Gasteiger partial charge is 0.379 e. The highest BCUT2D eigenvalue weighted by Gasteiger charge is 2.28. The standard InChI is InChI=1S/C17H35N5O.HI/c1-5-18-16(19-13-15-7-6-8-21(15)4)20-14-17(2,3)22-9-11-23-12-10-22;/h15H,5-14H2,1-4H3,(H2,18,19,20);1H. The van der Waals surface area contributed by atoms with Gasteiger partial charge in [0.05, 0.1) is 19.8 Å². The molecular weight excluding hydrogens is 417 g/mol. The summed E-state index contributed by atoms with van der Waals surface area (Å²) in [5.41, 5.74) is 0.0658. The summed E-state index contributed by atoms with van der Waals surface area (Å²) in [6.07, 6.45) is 2.59. The topological polar surface area (TPSA) is 52.1 Å². The molecule has 2 rings (SSSR count). The summed E-state index contributed by atoms with van der Waals surface area (Å²) in [5, 5.41) is 6.90. The molecule has 0 spiro atoms. The fourth-order valence-electron chi connectivity index (χ4n) is 3.33. The Bertz CT molecular complexity index is 385. The van der Waals surface area contributed by atoms with Crippen molar-refractivity contribution >= 4 is 29.9 Å². The van der Waals surface area contributed by atoms with Gasteiger partial charge in [-0.3, -0.25) is 9.89 Å². The average Bonchev–Trinajstić information content (AvgIpc) is 2.96. The molecule has 6 nitrogen and oxygen atoms in total. The van der Waals surface area contributed by atoms with Crippen molar-refractivity contribution in [3.05, 3.63) is 0 Å². The highest BCUT2D eigenvalue weighted by atomic mass is 127. The number of guanidine groups is 1. The number of morpholine rings is 1. The summed E-state index contributed by atoms with van der Waals surface area (Å²) in [6, 6.07) is 0.631. The smallest absolute Gasteiger partial charge is 0.191 e. The van der Waals surface area contributed by atoms with Crippen molar-refractivity contribution in [2.24, 2.45) is 4.99 Å². The number of aliphatic imine (C=N–C) groups is 1. The predicted molar refractivity (Wildman–Crippen MR) is 112 cm³/mol. The van der Waals surface area contributed by atoms with Gasteiger partial charge >= 0.3 is 0 Å². The second-order valence-electron chi connectivity index (χ2n) is 7.26. The van der Waals surface area contributed by atoms with Crippen molar-refractivity contribution in [1.29, 1.82) is 0 Å². The Kier molecular flexibility index (Phi) is 9.84. The lowest BCUT2D eigenvalue weighted by Crippen LogP contribution is -2.52. The second kappa shape index (κ2) is 10.8. The minimum atomic E-state index is 0. The second-order valence-corrected chi connectivity index (χ2v) is 7.26. The molecule has 1 unspecified atom stereocenters. The number of rotatable bonds is 6. The van der Waals surface area contributed by atoms with Crippen molar-refractivity contribution < 1.29 is 4.74 Å². The first-order valence-electron chi connectivity index (χ1n) is 9.08. The number of likely N-dealkylation sites (N-methyl/N-ethyl adjacent to an activating group) is 1. The van der Waals surface area contributed by atoms with Crippen LogP contribution in [0.25, 0.3) is 0 Å². The van der Waals surface area contributed by atoms with E-state index < -0.39 is 0 Å². The molecule has 0 bridgehead atoms. The third kappa shape index (κ3) is 6.65. The highest BCUT2D eigenvalue weighted by Crippen LogP contribution is 2.16. The maximum Gasteiger partial charge on any atom is 0.191 e. The summed E-state index contributed by atoms with van der Waals surface area (Å²) < 4.78 is 5.46. The van der Waals surface area contributed by atoms with Gasteiger partial charge in [-0.25, -0.2) is 0 Å². The van der Waals surface area contributed by atoms with Crippen LogP contribution in [0.4, 0.5) is 0 Å². The molecular formula is C17H36IN5O. The molecule has 2 N–H and O–H groups in total. The minimum absolute atomic E-state index is 0. The van der Waals surface area contributed by atoms with Gasteiger partial charge in [-0.2, -0.15) is 0 Å². The van der Waals surface area contributed by atoms with E-state index in [2.05, 4.69) is 48.3 Å². The van der Waals surface area contributed by atoms with Crippen LogP contribution in [0, 0.1) is 0 Å². The summed E-state index contributed by atoms with van der Waals surface area (Å²) in [4.78, 5) is 9.76. The number of hydrogen-bond acceptors (Lipinski definition) is 4. The number of hydrogen-bond donors (Lipinski definition) is 2. The SMILES string of the molecule is CCNC(=NCC(C)(C)N1CCOCC1)NCC1CCCN1C.I. The van der Waals surface area contributed by atoms with E-state index >= 15 is 0 Å². The monoisotopic (exact) mass is 453 g/mol. The third-order valence-electron chi connectivity index (χ3n) is 5.01. The molecule has 7 heteroatoms. The lowest BCUT2D eigenvalue weighted by Gasteiger charge is -2.40. The molecule has 0 aromatic carbocycles. The van der Waals surface area contributed by atoms with Crippen molar-refractivity contribution in [3.8, 4) is 0 Å². The van der Waals surface area contributed by atoms with Gasteiger partial charge in [0, 0.05) is 37.8 Å². The molecule has 0 aromatic heterocycles. The zero-order valence-electron chi connectivity index (χ0n) is 15.8. The summed E-state index contributed by atoms with van der Waals surface area (Å²) in [5.74, 6) is 0.939. The number of halogens is 1. The van der Waals surface area contributed by atoms with Crippen LogP contribution in [0.15, 0.2) is 4.99 Å². The van der Waals surface area contributed by atoms with Gasteiger partial charge < -0.3 is 20.3 Å². The minimum Gasteiger partial charge on any atom is -0.379 e.